The second-order valence-electron chi connectivity index (χ2n) is 4.94. The van der Waals surface area contributed by atoms with E-state index in [-0.39, 0.29) is 17.2 Å². The van der Waals surface area contributed by atoms with Crippen molar-refractivity contribution in [2.24, 2.45) is 0 Å². The first kappa shape index (κ1) is 14.8. The van der Waals surface area contributed by atoms with Crippen LogP contribution in [0, 0.1) is 5.82 Å². The fourth-order valence-electron chi connectivity index (χ4n) is 1.92. The highest BCUT2D eigenvalue weighted by Crippen LogP contribution is 2.16. The molecule has 0 saturated carbocycles. The predicted octanol–water partition coefficient (Wildman–Crippen LogP) is 2.40. The highest BCUT2D eigenvalue weighted by Gasteiger charge is 2.12. The number of anilines is 2. The lowest BCUT2D eigenvalue weighted by Crippen LogP contribution is -2.24. The quantitative estimate of drug-likeness (QED) is 0.849. The molecule has 0 unspecified atom stereocenters. The fourth-order valence-corrected chi connectivity index (χ4v) is 1.92. The van der Waals surface area contributed by atoms with Crippen LogP contribution in [0.2, 0.25) is 0 Å². The van der Waals surface area contributed by atoms with Crippen LogP contribution in [0.3, 0.4) is 0 Å². The van der Waals surface area contributed by atoms with E-state index in [1.165, 1.54) is 18.2 Å². The first-order chi connectivity index (χ1) is 9.99. The molecule has 0 atom stereocenters. The summed E-state index contributed by atoms with van der Waals surface area (Å²) in [6, 6.07) is 12.0. The Morgan fingerprint density at radius 1 is 1.19 bits per heavy atom. The Balaban J connectivity index is 2.02. The number of hydrogen-bond donors (Lipinski definition) is 2. The van der Waals surface area contributed by atoms with Crippen molar-refractivity contribution >= 4 is 17.3 Å². The van der Waals surface area contributed by atoms with Crippen LogP contribution in [0.25, 0.3) is 0 Å². The molecule has 21 heavy (non-hydrogen) atoms. The molecule has 0 radical (unpaired) electrons. The largest absolute Gasteiger partial charge is 0.396 e. The molecule has 0 spiro atoms. The lowest BCUT2D eigenvalue weighted by atomic mass is 10.1. The number of hydrogen-bond acceptors (Lipinski definition) is 3. The summed E-state index contributed by atoms with van der Waals surface area (Å²) in [4.78, 5) is 14.0. The SMILES string of the molecule is CN(C)c1ccc(CNC(=O)c2cccc(F)c2N)cc1. The molecular weight excluding hydrogens is 269 g/mol. The maximum atomic E-state index is 13.3. The third-order valence-corrected chi connectivity index (χ3v) is 3.20. The molecule has 4 nitrogen and oxygen atoms in total. The van der Waals surface area contributed by atoms with Gasteiger partial charge in [0.15, 0.2) is 0 Å². The number of halogens is 1. The van der Waals surface area contributed by atoms with Gasteiger partial charge in [-0.2, -0.15) is 0 Å². The molecule has 0 heterocycles. The molecular formula is C16H18FN3O. The van der Waals surface area contributed by atoms with Gasteiger partial charge in [0.2, 0.25) is 0 Å². The van der Waals surface area contributed by atoms with Gasteiger partial charge in [0.25, 0.3) is 5.91 Å². The first-order valence-electron chi connectivity index (χ1n) is 6.57. The van der Waals surface area contributed by atoms with Crippen LogP contribution >= 0.6 is 0 Å². The Hall–Kier alpha value is -2.56. The lowest BCUT2D eigenvalue weighted by molar-refractivity contribution is 0.0951. The molecule has 2 aromatic carbocycles. The van der Waals surface area contributed by atoms with Crippen LogP contribution < -0.4 is 16.0 Å². The topological polar surface area (TPSA) is 58.4 Å². The van der Waals surface area contributed by atoms with Gasteiger partial charge < -0.3 is 16.0 Å². The van der Waals surface area contributed by atoms with Crippen molar-refractivity contribution in [1.29, 1.82) is 0 Å². The van der Waals surface area contributed by atoms with Gasteiger partial charge in [-0.1, -0.05) is 18.2 Å². The molecule has 0 aromatic heterocycles. The first-order valence-corrected chi connectivity index (χ1v) is 6.57. The lowest BCUT2D eigenvalue weighted by Gasteiger charge is -2.13. The van der Waals surface area contributed by atoms with Crippen molar-refractivity contribution in [1.82, 2.24) is 5.32 Å². The van der Waals surface area contributed by atoms with Crippen molar-refractivity contribution in [3.8, 4) is 0 Å². The van der Waals surface area contributed by atoms with Gasteiger partial charge in [0.1, 0.15) is 5.82 Å². The van der Waals surface area contributed by atoms with Gasteiger partial charge in [-0.15, -0.1) is 0 Å². The molecule has 2 aromatic rings. The number of benzene rings is 2. The Labute approximate surface area is 123 Å². The molecule has 0 saturated heterocycles. The van der Waals surface area contributed by atoms with Gasteiger partial charge in [0.05, 0.1) is 11.3 Å². The maximum Gasteiger partial charge on any atom is 0.253 e. The zero-order valence-corrected chi connectivity index (χ0v) is 12.1. The molecule has 0 aliphatic heterocycles. The number of para-hydroxylation sites is 1. The molecule has 0 aliphatic rings. The molecule has 110 valence electrons. The van der Waals surface area contributed by atoms with Gasteiger partial charge in [-0.25, -0.2) is 4.39 Å². The van der Waals surface area contributed by atoms with E-state index in [1.807, 2.05) is 43.3 Å². The Bertz CT molecular complexity index is 638. The number of nitrogens with one attached hydrogen (secondary N) is 1. The summed E-state index contributed by atoms with van der Waals surface area (Å²) in [6.07, 6.45) is 0. The van der Waals surface area contributed by atoms with E-state index >= 15 is 0 Å². The number of nitrogens with two attached hydrogens (primary N) is 1. The fraction of sp³-hybridized carbons (Fsp3) is 0.188. The highest BCUT2D eigenvalue weighted by molar-refractivity contribution is 5.99. The Morgan fingerprint density at radius 3 is 2.48 bits per heavy atom. The van der Waals surface area contributed by atoms with E-state index in [1.54, 1.807) is 0 Å². The van der Waals surface area contributed by atoms with Crippen molar-refractivity contribution < 1.29 is 9.18 Å². The summed E-state index contributed by atoms with van der Waals surface area (Å²) >= 11 is 0. The molecule has 0 fully saturated rings. The van der Waals surface area contributed by atoms with E-state index in [2.05, 4.69) is 5.32 Å². The van der Waals surface area contributed by atoms with E-state index in [0.717, 1.165) is 11.3 Å². The van der Waals surface area contributed by atoms with Crippen molar-refractivity contribution in [3.05, 3.63) is 59.4 Å². The Kier molecular flexibility index (Phi) is 4.42. The van der Waals surface area contributed by atoms with Crippen molar-refractivity contribution in [2.45, 2.75) is 6.54 Å². The van der Waals surface area contributed by atoms with E-state index < -0.39 is 5.82 Å². The summed E-state index contributed by atoms with van der Waals surface area (Å²) in [5.74, 6) is -0.971. The van der Waals surface area contributed by atoms with Crippen molar-refractivity contribution in [2.75, 3.05) is 24.7 Å². The molecule has 3 N–H and O–H groups in total. The molecule has 0 aliphatic carbocycles. The van der Waals surface area contributed by atoms with E-state index in [9.17, 15) is 9.18 Å². The third-order valence-electron chi connectivity index (χ3n) is 3.20. The summed E-state index contributed by atoms with van der Waals surface area (Å²) < 4.78 is 13.3. The minimum absolute atomic E-state index is 0.127. The number of nitrogens with zero attached hydrogens (tertiary/aromatic N) is 1. The summed E-state index contributed by atoms with van der Waals surface area (Å²) in [5.41, 5.74) is 7.63. The van der Waals surface area contributed by atoms with E-state index in [4.69, 9.17) is 5.73 Å². The van der Waals surface area contributed by atoms with Gasteiger partial charge in [-0.05, 0) is 29.8 Å². The molecule has 5 heteroatoms. The minimum atomic E-state index is -0.585. The second kappa shape index (κ2) is 6.26. The van der Waals surface area contributed by atoms with Crippen LogP contribution in [0.5, 0.6) is 0 Å². The van der Waals surface area contributed by atoms with Crippen LogP contribution in [0.1, 0.15) is 15.9 Å². The van der Waals surface area contributed by atoms with Gasteiger partial charge in [-0.3, -0.25) is 4.79 Å². The second-order valence-corrected chi connectivity index (χ2v) is 4.94. The molecule has 0 bridgehead atoms. The summed E-state index contributed by atoms with van der Waals surface area (Å²) in [6.45, 7) is 0.364. The molecule has 1 amide bonds. The number of carbonyl (C=O) groups excluding carboxylic acids is 1. The van der Waals surface area contributed by atoms with Crippen LogP contribution in [0.15, 0.2) is 42.5 Å². The summed E-state index contributed by atoms with van der Waals surface area (Å²) in [7, 11) is 3.92. The van der Waals surface area contributed by atoms with Crippen molar-refractivity contribution in [3.63, 3.8) is 0 Å². The van der Waals surface area contributed by atoms with Crippen LogP contribution in [-0.2, 0) is 6.54 Å². The number of amides is 1. The average Bonchev–Trinajstić information content (AvgIpc) is 2.48. The normalized spacial score (nSPS) is 10.2. The van der Waals surface area contributed by atoms with Crippen LogP contribution in [0.4, 0.5) is 15.8 Å². The zero-order chi connectivity index (χ0) is 15.4. The van der Waals surface area contributed by atoms with Gasteiger partial charge in [0, 0.05) is 26.3 Å². The standard InChI is InChI=1S/C16H18FN3O/c1-20(2)12-8-6-11(7-9-12)10-19-16(21)13-4-3-5-14(17)15(13)18/h3-9H,10,18H2,1-2H3,(H,19,21). The third kappa shape index (κ3) is 3.51. The minimum Gasteiger partial charge on any atom is -0.396 e. The highest BCUT2D eigenvalue weighted by atomic mass is 19.1. The molecule has 2 rings (SSSR count). The number of rotatable bonds is 4. The monoisotopic (exact) mass is 287 g/mol. The predicted molar refractivity (Wildman–Crippen MR) is 82.8 cm³/mol. The van der Waals surface area contributed by atoms with Crippen LogP contribution in [-0.4, -0.2) is 20.0 Å². The Morgan fingerprint density at radius 2 is 1.86 bits per heavy atom. The number of nitrogen functional groups attached to an aromatic ring is 1. The smallest absolute Gasteiger partial charge is 0.253 e. The van der Waals surface area contributed by atoms with E-state index in [0.29, 0.717) is 6.54 Å². The summed E-state index contributed by atoms with van der Waals surface area (Å²) in [5, 5.41) is 2.73. The number of carbonyl (C=O) groups is 1. The van der Waals surface area contributed by atoms with Gasteiger partial charge >= 0.3 is 0 Å². The average molecular weight is 287 g/mol. The maximum absolute atomic E-state index is 13.3. The zero-order valence-electron chi connectivity index (χ0n) is 12.1.